The minimum absolute atomic E-state index is 0.0441. The number of carboxylic acids is 1. The number of rotatable bonds is 29. The number of unbranched alkanes of at least 4 members (excludes halogenated alkanes) is 11. The van der Waals surface area contributed by atoms with Gasteiger partial charge in [0.2, 0.25) is 0 Å². The third kappa shape index (κ3) is 26.0. The molecule has 0 saturated carbocycles. The van der Waals surface area contributed by atoms with Gasteiger partial charge in [0.05, 0.1) is 34.4 Å². The van der Waals surface area contributed by atoms with Gasteiger partial charge in [0.1, 0.15) is 6.61 Å². The number of carboxylic acid groups (broad SMARTS) is 1. The molecule has 0 heterocycles. The number of esters is 2. The molecule has 0 aliphatic rings. The van der Waals surface area contributed by atoms with Crippen LogP contribution in [0.4, 0.5) is 0 Å². The molecule has 0 radical (unpaired) electrons. The number of carbonyl (C=O) groups excluding carboxylic acids is 2. The molecule has 2 atom stereocenters. The summed E-state index contributed by atoms with van der Waals surface area (Å²) in [4.78, 5) is 36.4. The summed E-state index contributed by atoms with van der Waals surface area (Å²) in [6, 6.07) is -0.616. The van der Waals surface area contributed by atoms with Gasteiger partial charge in [-0.3, -0.25) is 9.59 Å². The molecule has 0 fully saturated rings. The Morgan fingerprint density at radius 3 is 1.77 bits per heavy atom. The number of carbonyl (C=O) groups is 3. The van der Waals surface area contributed by atoms with Gasteiger partial charge in [-0.1, -0.05) is 83.1 Å². The standard InChI is InChI=1S/C35H63NO7/c1-6-8-10-12-14-15-16-17-18-20-21-23-25-33(37)42-30-31(29-41-28-27-32(35(39)40)36(3,4)5)43-34(38)26-24-22-19-13-11-9-7-2/h14-15,19,22,31-32H,6-13,16-18,20-21,23-30H2,1-5H3/p+1/b15-14+,22-19+. The van der Waals surface area contributed by atoms with E-state index in [0.29, 0.717) is 19.3 Å². The van der Waals surface area contributed by atoms with Gasteiger partial charge in [0.15, 0.2) is 12.1 Å². The highest BCUT2D eigenvalue weighted by atomic mass is 16.6. The molecule has 0 aromatic carbocycles. The molecule has 1 N–H and O–H groups in total. The maximum Gasteiger partial charge on any atom is 0.362 e. The Morgan fingerprint density at radius 1 is 0.674 bits per heavy atom. The Bertz CT molecular complexity index is 773. The van der Waals surface area contributed by atoms with Crippen LogP contribution in [0, 0.1) is 0 Å². The van der Waals surface area contributed by atoms with Crippen molar-refractivity contribution in [2.75, 3.05) is 41.0 Å². The van der Waals surface area contributed by atoms with Crippen molar-refractivity contribution in [3.05, 3.63) is 24.3 Å². The van der Waals surface area contributed by atoms with Crippen LogP contribution in [-0.2, 0) is 28.6 Å². The van der Waals surface area contributed by atoms with E-state index in [2.05, 4.69) is 32.1 Å². The Morgan fingerprint density at radius 2 is 1.21 bits per heavy atom. The molecule has 8 nitrogen and oxygen atoms in total. The number of hydrogen-bond acceptors (Lipinski definition) is 6. The number of hydrogen-bond donors (Lipinski definition) is 1. The number of nitrogens with zero attached hydrogens (tertiary/aromatic N) is 1. The van der Waals surface area contributed by atoms with Crippen molar-refractivity contribution in [2.45, 2.75) is 142 Å². The molecule has 2 unspecified atom stereocenters. The van der Waals surface area contributed by atoms with Crippen molar-refractivity contribution in [3.8, 4) is 0 Å². The Balaban J connectivity index is 4.49. The van der Waals surface area contributed by atoms with Crippen molar-refractivity contribution in [2.24, 2.45) is 0 Å². The zero-order valence-corrected chi connectivity index (χ0v) is 28.2. The van der Waals surface area contributed by atoms with Gasteiger partial charge in [-0.2, -0.15) is 0 Å². The van der Waals surface area contributed by atoms with Crippen LogP contribution in [0.5, 0.6) is 0 Å². The van der Waals surface area contributed by atoms with E-state index in [4.69, 9.17) is 14.2 Å². The second kappa shape index (κ2) is 27.4. The topological polar surface area (TPSA) is 99.1 Å². The lowest BCUT2D eigenvalue weighted by molar-refractivity contribution is -0.887. The number of quaternary nitrogens is 1. The molecule has 0 aromatic heterocycles. The predicted molar refractivity (Wildman–Crippen MR) is 174 cm³/mol. The smallest absolute Gasteiger partial charge is 0.362 e. The van der Waals surface area contributed by atoms with Crippen LogP contribution in [0.3, 0.4) is 0 Å². The molecule has 8 heteroatoms. The minimum atomic E-state index is -0.884. The maximum atomic E-state index is 12.5. The molecule has 0 spiro atoms. The fraction of sp³-hybridized carbons (Fsp3) is 0.800. The van der Waals surface area contributed by atoms with Gasteiger partial charge in [-0.25, -0.2) is 4.79 Å². The predicted octanol–water partition coefficient (Wildman–Crippen LogP) is 7.79. The van der Waals surface area contributed by atoms with Crippen molar-refractivity contribution in [3.63, 3.8) is 0 Å². The molecule has 250 valence electrons. The van der Waals surface area contributed by atoms with Gasteiger partial charge in [0, 0.05) is 19.3 Å². The van der Waals surface area contributed by atoms with E-state index >= 15 is 0 Å². The second-order valence-corrected chi connectivity index (χ2v) is 12.4. The third-order valence-electron chi connectivity index (χ3n) is 7.34. The summed E-state index contributed by atoms with van der Waals surface area (Å²) in [5.74, 6) is -1.55. The van der Waals surface area contributed by atoms with E-state index in [9.17, 15) is 19.5 Å². The maximum absolute atomic E-state index is 12.5. The van der Waals surface area contributed by atoms with Gasteiger partial charge in [-0.15, -0.1) is 0 Å². The van der Waals surface area contributed by atoms with Crippen molar-refractivity contribution < 1.29 is 38.2 Å². The van der Waals surface area contributed by atoms with E-state index in [1.165, 1.54) is 44.9 Å². The molecular weight excluding hydrogens is 546 g/mol. The van der Waals surface area contributed by atoms with Crippen LogP contribution in [0.1, 0.15) is 129 Å². The SMILES string of the molecule is CCCCC/C=C/CCCCCCCC(=O)OCC(COCCC(C(=O)O)[N+](C)(C)C)OC(=O)CC/C=C/CCCCC. The van der Waals surface area contributed by atoms with E-state index < -0.39 is 18.1 Å². The molecule has 0 bridgehead atoms. The summed E-state index contributed by atoms with van der Waals surface area (Å²) in [5.41, 5.74) is 0. The summed E-state index contributed by atoms with van der Waals surface area (Å²) >= 11 is 0. The van der Waals surface area contributed by atoms with Gasteiger partial charge < -0.3 is 23.8 Å². The summed E-state index contributed by atoms with van der Waals surface area (Å²) in [5, 5.41) is 9.52. The number of aliphatic carboxylic acids is 1. The molecular formula is C35H64NO7+. The summed E-state index contributed by atoms with van der Waals surface area (Å²) in [7, 11) is 5.48. The largest absolute Gasteiger partial charge is 0.477 e. The van der Waals surface area contributed by atoms with Gasteiger partial charge in [-0.05, 0) is 51.4 Å². The first-order valence-corrected chi connectivity index (χ1v) is 16.9. The highest BCUT2D eigenvalue weighted by Gasteiger charge is 2.31. The Labute approximate surface area is 262 Å². The highest BCUT2D eigenvalue weighted by Crippen LogP contribution is 2.11. The first kappa shape index (κ1) is 40.8. The van der Waals surface area contributed by atoms with Crippen LogP contribution >= 0.6 is 0 Å². The van der Waals surface area contributed by atoms with E-state index in [-0.39, 0.29) is 42.7 Å². The Hall–Kier alpha value is -2.19. The van der Waals surface area contributed by atoms with Crippen molar-refractivity contribution in [1.82, 2.24) is 0 Å². The lowest BCUT2D eigenvalue weighted by Crippen LogP contribution is -2.50. The zero-order chi connectivity index (χ0) is 32.2. The van der Waals surface area contributed by atoms with Crippen molar-refractivity contribution >= 4 is 17.9 Å². The lowest BCUT2D eigenvalue weighted by Gasteiger charge is -2.31. The molecule has 0 saturated heterocycles. The molecule has 0 aliphatic heterocycles. The van der Waals surface area contributed by atoms with E-state index in [0.717, 1.165) is 44.9 Å². The fourth-order valence-electron chi connectivity index (χ4n) is 4.63. The molecule has 0 rings (SSSR count). The van der Waals surface area contributed by atoms with Crippen LogP contribution < -0.4 is 0 Å². The highest BCUT2D eigenvalue weighted by molar-refractivity contribution is 5.72. The first-order chi connectivity index (χ1) is 20.6. The van der Waals surface area contributed by atoms with Crippen LogP contribution in [-0.4, -0.2) is 80.6 Å². The normalized spacial score (nSPS) is 13.4. The minimum Gasteiger partial charge on any atom is -0.477 e. The third-order valence-corrected chi connectivity index (χ3v) is 7.34. The van der Waals surface area contributed by atoms with Gasteiger partial charge in [0.25, 0.3) is 0 Å². The fourth-order valence-corrected chi connectivity index (χ4v) is 4.63. The molecule has 43 heavy (non-hydrogen) atoms. The summed E-state index contributed by atoms with van der Waals surface area (Å²) in [6.45, 7) is 4.56. The lowest BCUT2D eigenvalue weighted by atomic mass is 10.1. The van der Waals surface area contributed by atoms with Crippen LogP contribution in [0.15, 0.2) is 24.3 Å². The quantitative estimate of drug-likeness (QED) is 0.0399. The first-order valence-electron chi connectivity index (χ1n) is 16.9. The molecule has 0 aromatic rings. The number of ether oxygens (including phenoxy) is 3. The summed E-state index contributed by atoms with van der Waals surface area (Å²) < 4.78 is 17.0. The average Bonchev–Trinajstić information content (AvgIpc) is 2.94. The van der Waals surface area contributed by atoms with E-state index in [1.807, 2.05) is 27.2 Å². The average molecular weight is 611 g/mol. The monoisotopic (exact) mass is 610 g/mol. The van der Waals surface area contributed by atoms with Crippen LogP contribution in [0.2, 0.25) is 0 Å². The summed E-state index contributed by atoms with van der Waals surface area (Å²) in [6.07, 6.45) is 25.3. The molecule has 0 amide bonds. The van der Waals surface area contributed by atoms with E-state index in [1.54, 1.807) is 0 Å². The molecule has 0 aliphatic carbocycles. The zero-order valence-electron chi connectivity index (χ0n) is 28.2. The number of likely N-dealkylation sites (N-methyl/N-ethyl adjacent to an activating group) is 1. The van der Waals surface area contributed by atoms with Crippen LogP contribution in [0.25, 0.3) is 0 Å². The second-order valence-electron chi connectivity index (χ2n) is 12.4. The van der Waals surface area contributed by atoms with Crippen molar-refractivity contribution in [1.29, 1.82) is 0 Å². The van der Waals surface area contributed by atoms with Gasteiger partial charge >= 0.3 is 17.9 Å². The Kier molecular flexibility index (Phi) is 26.0. The number of allylic oxidation sites excluding steroid dienone is 4.